The second-order valence-corrected chi connectivity index (χ2v) is 6.93. The van der Waals surface area contributed by atoms with Crippen LogP contribution in [0.3, 0.4) is 0 Å². The lowest BCUT2D eigenvalue weighted by Crippen LogP contribution is -2.08. The zero-order chi connectivity index (χ0) is 14.3. The van der Waals surface area contributed by atoms with E-state index in [1.165, 1.54) is 4.88 Å². The van der Waals surface area contributed by atoms with Gasteiger partial charge in [0.1, 0.15) is 5.82 Å². The first-order valence-corrected chi connectivity index (χ1v) is 8.18. The summed E-state index contributed by atoms with van der Waals surface area (Å²) < 4.78 is 2.90. The second kappa shape index (κ2) is 5.57. The second-order valence-electron chi connectivity index (χ2n) is 4.48. The summed E-state index contributed by atoms with van der Waals surface area (Å²) in [6.07, 6.45) is 0. The zero-order valence-electron chi connectivity index (χ0n) is 10.6. The Morgan fingerprint density at radius 1 is 1.25 bits per heavy atom. The number of thiophene rings is 1. The van der Waals surface area contributed by atoms with Gasteiger partial charge in [0, 0.05) is 9.90 Å². The molecule has 0 radical (unpaired) electrons. The van der Waals surface area contributed by atoms with Crippen molar-refractivity contribution in [2.24, 2.45) is 0 Å². The van der Waals surface area contributed by atoms with E-state index in [-0.39, 0.29) is 6.04 Å². The van der Waals surface area contributed by atoms with Crippen LogP contribution >= 0.6 is 46.1 Å². The largest absolute Gasteiger partial charge is 0.319 e. The Bertz CT molecular complexity index is 763. The summed E-state index contributed by atoms with van der Waals surface area (Å²) in [7, 11) is 0. The summed E-state index contributed by atoms with van der Waals surface area (Å²) in [5.41, 5.74) is 1.89. The molecule has 2 heterocycles. The van der Waals surface area contributed by atoms with Crippen molar-refractivity contribution in [2.75, 3.05) is 0 Å². The fourth-order valence-corrected chi connectivity index (χ4v) is 3.78. The summed E-state index contributed by atoms with van der Waals surface area (Å²) in [6, 6.07) is 9.73. The van der Waals surface area contributed by atoms with Gasteiger partial charge in [-0.3, -0.25) is 0 Å². The Morgan fingerprint density at radius 2 is 2.05 bits per heavy atom. The first-order chi connectivity index (χ1) is 9.60. The Labute approximate surface area is 135 Å². The van der Waals surface area contributed by atoms with Crippen LogP contribution in [0.25, 0.3) is 11.0 Å². The van der Waals surface area contributed by atoms with Crippen molar-refractivity contribution in [3.8, 4) is 0 Å². The minimum absolute atomic E-state index is 0.115. The van der Waals surface area contributed by atoms with Crippen LogP contribution in [0.15, 0.2) is 30.3 Å². The summed E-state index contributed by atoms with van der Waals surface area (Å²) in [5, 5.41) is 0.691. The van der Waals surface area contributed by atoms with Crippen LogP contribution in [-0.4, -0.2) is 9.55 Å². The van der Waals surface area contributed by atoms with Gasteiger partial charge in [-0.05, 0) is 37.3 Å². The number of imidazole rings is 1. The molecule has 0 saturated carbocycles. The lowest BCUT2D eigenvalue weighted by molar-refractivity contribution is 0.644. The van der Waals surface area contributed by atoms with Crippen LogP contribution in [0.1, 0.15) is 23.7 Å². The van der Waals surface area contributed by atoms with Crippen LogP contribution in [0.2, 0.25) is 9.36 Å². The Kier molecular flexibility index (Phi) is 3.95. The molecule has 0 amide bonds. The molecule has 3 aromatic rings. The molecule has 1 atom stereocenters. The molecule has 0 saturated heterocycles. The highest BCUT2D eigenvalue weighted by molar-refractivity contribution is 7.16. The summed E-state index contributed by atoms with van der Waals surface area (Å²) >= 11 is 19.7. The number of rotatable bonds is 3. The average Bonchev–Trinajstić information content (AvgIpc) is 3.01. The molecule has 1 aromatic carbocycles. The van der Waals surface area contributed by atoms with Gasteiger partial charge in [0.2, 0.25) is 0 Å². The number of hydrogen-bond donors (Lipinski definition) is 0. The molecule has 1 unspecified atom stereocenters. The quantitative estimate of drug-likeness (QED) is 0.552. The maximum atomic E-state index is 6.11. The van der Waals surface area contributed by atoms with E-state index >= 15 is 0 Å². The highest BCUT2D eigenvalue weighted by atomic mass is 35.5. The predicted octanol–water partition coefficient (Wildman–Crippen LogP) is 5.75. The third kappa shape index (κ3) is 2.44. The maximum Gasteiger partial charge on any atom is 0.125 e. The monoisotopic (exact) mass is 344 g/mol. The van der Waals surface area contributed by atoms with Crippen molar-refractivity contribution in [1.82, 2.24) is 9.55 Å². The van der Waals surface area contributed by atoms with Gasteiger partial charge in [-0.1, -0.05) is 23.2 Å². The molecule has 104 valence electrons. The normalized spacial score (nSPS) is 13.0. The average molecular weight is 346 g/mol. The number of nitrogens with zero attached hydrogens (tertiary/aromatic N) is 2. The molecular formula is C14H11Cl3N2S. The van der Waals surface area contributed by atoms with Gasteiger partial charge in [-0.2, -0.15) is 0 Å². The van der Waals surface area contributed by atoms with Gasteiger partial charge in [0.15, 0.2) is 0 Å². The minimum Gasteiger partial charge on any atom is -0.319 e. The van der Waals surface area contributed by atoms with Crippen LogP contribution in [0, 0.1) is 0 Å². The van der Waals surface area contributed by atoms with E-state index in [4.69, 9.17) is 34.8 Å². The molecule has 0 fully saturated rings. The van der Waals surface area contributed by atoms with E-state index in [2.05, 4.69) is 16.5 Å². The highest BCUT2D eigenvalue weighted by Crippen LogP contribution is 2.33. The fourth-order valence-electron chi connectivity index (χ4n) is 2.32. The molecule has 6 heteroatoms. The number of fused-ring (bicyclic) bond motifs is 1. The molecule has 0 aliphatic rings. The van der Waals surface area contributed by atoms with Crippen molar-refractivity contribution in [3.05, 3.63) is 50.4 Å². The Balaban J connectivity index is 2.20. The lowest BCUT2D eigenvalue weighted by Gasteiger charge is -2.15. The molecule has 0 aliphatic carbocycles. The molecule has 2 aromatic heterocycles. The summed E-state index contributed by atoms with van der Waals surface area (Å²) in [5.74, 6) is 1.19. The van der Waals surface area contributed by atoms with Crippen molar-refractivity contribution in [2.45, 2.75) is 18.8 Å². The third-order valence-electron chi connectivity index (χ3n) is 3.24. The number of alkyl halides is 1. The summed E-state index contributed by atoms with van der Waals surface area (Å²) in [4.78, 5) is 5.74. The third-order valence-corrected chi connectivity index (χ3v) is 5.11. The maximum absolute atomic E-state index is 6.11. The van der Waals surface area contributed by atoms with Gasteiger partial charge in [-0.25, -0.2) is 4.98 Å². The van der Waals surface area contributed by atoms with Gasteiger partial charge >= 0.3 is 0 Å². The molecule has 0 N–H and O–H groups in total. The topological polar surface area (TPSA) is 17.8 Å². The van der Waals surface area contributed by atoms with Crippen LogP contribution in [0.4, 0.5) is 0 Å². The minimum atomic E-state index is 0.115. The number of aromatic nitrogens is 2. The van der Waals surface area contributed by atoms with Crippen molar-refractivity contribution in [3.63, 3.8) is 0 Å². The lowest BCUT2D eigenvalue weighted by atomic mass is 10.2. The van der Waals surface area contributed by atoms with E-state index in [9.17, 15) is 0 Å². The molecule has 0 spiro atoms. The van der Waals surface area contributed by atoms with Crippen molar-refractivity contribution >= 4 is 57.2 Å². The predicted molar refractivity (Wildman–Crippen MR) is 87.4 cm³/mol. The van der Waals surface area contributed by atoms with E-state index in [1.54, 1.807) is 11.3 Å². The Hall–Kier alpha value is -0.740. The fraction of sp³-hybridized carbons (Fsp3) is 0.214. The smallest absolute Gasteiger partial charge is 0.125 e. The van der Waals surface area contributed by atoms with E-state index in [0.717, 1.165) is 21.2 Å². The molecule has 0 bridgehead atoms. The van der Waals surface area contributed by atoms with Crippen molar-refractivity contribution < 1.29 is 0 Å². The highest BCUT2D eigenvalue weighted by Gasteiger charge is 2.18. The summed E-state index contributed by atoms with van der Waals surface area (Å²) in [6.45, 7) is 2.11. The van der Waals surface area contributed by atoms with E-state index in [1.807, 2.05) is 30.3 Å². The zero-order valence-corrected chi connectivity index (χ0v) is 13.7. The standard InChI is InChI=1S/C14H11Cl3N2S/c1-8(12-4-5-13(17)20-12)19-11-6-9(16)2-3-10(11)18-14(19)7-15/h2-6,8H,7H2,1H3. The van der Waals surface area contributed by atoms with Crippen molar-refractivity contribution in [1.29, 1.82) is 0 Å². The van der Waals surface area contributed by atoms with Crippen LogP contribution in [0.5, 0.6) is 0 Å². The first kappa shape index (κ1) is 14.2. The molecule has 3 rings (SSSR count). The van der Waals surface area contributed by atoms with Crippen LogP contribution < -0.4 is 0 Å². The van der Waals surface area contributed by atoms with Gasteiger partial charge < -0.3 is 4.57 Å². The molecule has 20 heavy (non-hydrogen) atoms. The Morgan fingerprint density at radius 3 is 2.70 bits per heavy atom. The molecule has 0 aliphatic heterocycles. The van der Waals surface area contributed by atoms with Gasteiger partial charge in [0.05, 0.1) is 27.3 Å². The van der Waals surface area contributed by atoms with Gasteiger partial charge in [0.25, 0.3) is 0 Å². The molecular weight excluding hydrogens is 335 g/mol. The molecule has 2 nitrogen and oxygen atoms in total. The number of halogens is 3. The number of hydrogen-bond acceptors (Lipinski definition) is 2. The van der Waals surface area contributed by atoms with E-state index < -0.39 is 0 Å². The SMILES string of the molecule is CC(c1ccc(Cl)s1)n1c(CCl)nc2ccc(Cl)cc21. The van der Waals surface area contributed by atoms with Gasteiger partial charge in [-0.15, -0.1) is 22.9 Å². The van der Waals surface area contributed by atoms with Crippen LogP contribution in [-0.2, 0) is 5.88 Å². The van der Waals surface area contributed by atoms with E-state index in [0.29, 0.717) is 10.9 Å². The first-order valence-electron chi connectivity index (χ1n) is 6.07. The number of benzene rings is 1.